The van der Waals surface area contributed by atoms with Gasteiger partial charge in [0.25, 0.3) is 0 Å². The van der Waals surface area contributed by atoms with Crippen molar-refractivity contribution in [3.8, 4) is 0 Å². The van der Waals surface area contributed by atoms with Crippen LogP contribution >= 0.6 is 0 Å². The molecule has 20 rings (SSSR count). The molecule has 0 radical (unpaired) electrons. The Hall–Kier alpha value is -5.60. The fourth-order valence-corrected chi connectivity index (χ4v) is 30.4. The highest BCUT2D eigenvalue weighted by Crippen LogP contribution is 2.77. The van der Waals surface area contributed by atoms with Crippen LogP contribution in [0, 0.1) is 171 Å². The molecule has 35 unspecified atom stereocenters. The third-order valence-electron chi connectivity index (χ3n) is 34.8. The van der Waals surface area contributed by atoms with E-state index in [0.29, 0.717) is 81.5 Å². The average molecular weight is 1510 g/mol. The van der Waals surface area contributed by atoms with Crippen molar-refractivity contribution in [2.24, 2.45) is 171 Å². The third-order valence-corrected chi connectivity index (χ3v) is 34.8. The summed E-state index contributed by atoms with van der Waals surface area (Å²) in [5.74, 6) is 20.9. The molecule has 17 saturated carbocycles. The van der Waals surface area contributed by atoms with Crippen molar-refractivity contribution in [1.82, 2.24) is 0 Å². The van der Waals surface area contributed by atoms with Gasteiger partial charge in [-0.25, -0.2) is 28.8 Å². The highest BCUT2D eigenvalue weighted by Gasteiger charge is 2.74. The molecule has 14 nitrogen and oxygen atoms in total. The Kier molecular flexibility index (Phi) is 21.0. The van der Waals surface area contributed by atoms with Crippen molar-refractivity contribution < 1.29 is 66.7 Å². The summed E-state index contributed by atoms with van der Waals surface area (Å²) in [6, 6.07) is 0. The number of fused-ring (bicyclic) bond motifs is 39. The number of esters is 6. The minimum absolute atomic E-state index is 0.155. The first-order valence-corrected chi connectivity index (χ1v) is 43.3. The van der Waals surface area contributed by atoms with Crippen molar-refractivity contribution in [3.05, 3.63) is 109 Å². The Morgan fingerprint density at radius 3 is 1.35 bits per heavy atom. The molecule has 0 N–H and O–H groups in total. The summed E-state index contributed by atoms with van der Waals surface area (Å²) in [6.07, 6.45) is 40.0. The van der Waals surface area contributed by atoms with Gasteiger partial charge in [0.2, 0.25) is 0 Å². The van der Waals surface area contributed by atoms with Gasteiger partial charge in [0, 0.05) is 77.2 Å². The molecule has 0 amide bonds. The normalized spacial score (nSPS) is 48.5. The lowest BCUT2D eigenvalue weighted by atomic mass is 9.54. The average Bonchev–Trinajstić information content (AvgIpc) is 1.51. The Morgan fingerprint density at radius 2 is 0.827 bits per heavy atom. The van der Waals surface area contributed by atoms with E-state index in [1.165, 1.54) is 83.5 Å². The van der Waals surface area contributed by atoms with E-state index in [0.717, 1.165) is 176 Å². The number of hydrogen-bond acceptors (Lipinski definition) is 14. The van der Waals surface area contributed by atoms with Crippen molar-refractivity contribution in [2.45, 2.75) is 252 Å². The lowest BCUT2D eigenvalue weighted by Crippen LogP contribution is -2.51. The summed E-state index contributed by atoms with van der Waals surface area (Å²) in [6.45, 7) is 46.5. The Balaban J connectivity index is 0.000000105. The molecule has 20 aliphatic rings. The lowest BCUT2D eigenvalue weighted by Gasteiger charge is -2.52. The SMILES string of the molecule is C=C(C)C(=O)OC1(C)CC2C=CC1(COC)C2.C=C(C)C(=O)OC1(C)CC2C=CC1C2COC.C=C(C)C(=O)OC1(C)CC2CC1C1C3C=CC(C3)C21.C=C(C)C(=O)OC1(C)CC2CC1C1C3CCC(C3)C21.C=C(C)C(=O)OC1(C)CC2CC1C1CCC21.C=C(C)C(=O)OC1(CC)CC2CC1C1C3CC(C4CCC43)C21. The van der Waals surface area contributed by atoms with E-state index >= 15 is 0 Å². The van der Waals surface area contributed by atoms with E-state index < -0.39 is 11.2 Å². The van der Waals surface area contributed by atoms with Gasteiger partial charge >= 0.3 is 35.8 Å². The quantitative estimate of drug-likeness (QED) is 0.0442. The Labute approximate surface area is 658 Å². The molecule has 0 spiro atoms. The first-order chi connectivity index (χ1) is 52.0. The molecule has 14 heteroatoms. The summed E-state index contributed by atoms with van der Waals surface area (Å²) in [7, 11) is 3.41. The minimum Gasteiger partial charge on any atom is -0.456 e. The largest absolute Gasteiger partial charge is 0.456 e. The van der Waals surface area contributed by atoms with Crippen molar-refractivity contribution in [3.63, 3.8) is 0 Å². The van der Waals surface area contributed by atoms with Crippen molar-refractivity contribution >= 4 is 35.8 Å². The van der Waals surface area contributed by atoms with Crippen LogP contribution in [0.25, 0.3) is 0 Å². The summed E-state index contributed by atoms with van der Waals surface area (Å²) in [5, 5.41) is 0. The van der Waals surface area contributed by atoms with E-state index in [2.05, 4.69) is 104 Å². The Morgan fingerprint density at radius 1 is 0.364 bits per heavy atom. The highest BCUT2D eigenvalue weighted by atomic mass is 16.6. The first-order valence-electron chi connectivity index (χ1n) is 43.3. The minimum atomic E-state index is -0.460. The predicted octanol–water partition coefficient (Wildman–Crippen LogP) is 18.9. The number of rotatable bonds is 17. The first kappa shape index (κ1) is 79.6. The van der Waals surface area contributed by atoms with Gasteiger partial charge < -0.3 is 37.9 Å². The predicted molar refractivity (Wildman–Crippen MR) is 424 cm³/mol. The molecule has 602 valence electrons. The highest BCUT2D eigenvalue weighted by molar-refractivity contribution is 5.89. The molecule has 0 heterocycles. The zero-order valence-electron chi connectivity index (χ0n) is 69.4. The van der Waals surface area contributed by atoms with Gasteiger partial charge in [0.1, 0.15) is 33.6 Å². The summed E-state index contributed by atoms with van der Waals surface area (Å²) in [4.78, 5) is 71.1. The van der Waals surface area contributed by atoms with Gasteiger partial charge in [-0.3, -0.25) is 0 Å². The number of carbonyl (C=O) groups excluding carboxylic acids is 6. The Bertz CT molecular complexity index is 3870. The van der Waals surface area contributed by atoms with Gasteiger partial charge in [-0.2, -0.15) is 0 Å². The third kappa shape index (κ3) is 13.1. The smallest absolute Gasteiger partial charge is 0.333 e. The maximum atomic E-state index is 12.2. The topological polar surface area (TPSA) is 176 Å². The van der Waals surface area contributed by atoms with Crippen LogP contribution < -0.4 is 0 Å². The molecule has 0 aromatic heterocycles. The van der Waals surface area contributed by atoms with Crippen molar-refractivity contribution in [2.75, 3.05) is 27.4 Å². The number of hydrogen-bond donors (Lipinski definition) is 0. The molecule has 110 heavy (non-hydrogen) atoms. The molecule has 35 atom stereocenters. The van der Waals surface area contributed by atoms with E-state index in [1.807, 2.05) is 13.8 Å². The van der Waals surface area contributed by atoms with Gasteiger partial charge in [-0.1, -0.05) is 82.9 Å². The zero-order chi connectivity index (χ0) is 78.8. The molecule has 0 aliphatic heterocycles. The van der Waals surface area contributed by atoms with Crippen LogP contribution in [0.2, 0.25) is 0 Å². The monoisotopic (exact) mass is 1510 g/mol. The van der Waals surface area contributed by atoms with Crippen LogP contribution in [0.15, 0.2) is 109 Å². The second-order valence-corrected chi connectivity index (χ2v) is 41.3. The summed E-state index contributed by atoms with van der Waals surface area (Å²) in [5.41, 5.74) is 1.25. The van der Waals surface area contributed by atoms with Gasteiger partial charge in [-0.05, 0) is 347 Å². The molecule has 18 bridgehead atoms. The number of methoxy groups -OCH3 is 2. The van der Waals surface area contributed by atoms with Crippen LogP contribution in [-0.4, -0.2) is 96.9 Å². The maximum absolute atomic E-state index is 12.2. The van der Waals surface area contributed by atoms with Crippen LogP contribution in [0.1, 0.15) is 218 Å². The van der Waals surface area contributed by atoms with Crippen LogP contribution in [0.5, 0.6) is 0 Å². The van der Waals surface area contributed by atoms with Gasteiger partial charge in [0.05, 0.1) is 18.6 Å². The second kappa shape index (κ2) is 29.0. The number of ether oxygens (including phenoxy) is 8. The lowest BCUT2D eigenvalue weighted by molar-refractivity contribution is -0.171. The fourth-order valence-electron chi connectivity index (χ4n) is 30.4. The van der Waals surface area contributed by atoms with E-state index in [-0.39, 0.29) is 69.6 Å². The van der Waals surface area contributed by atoms with E-state index in [1.54, 1.807) is 55.8 Å². The van der Waals surface area contributed by atoms with E-state index in [4.69, 9.17) is 37.9 Å². The number of allylic oxidation sites excluding steroid dienone is 4. The molecular weight excluding hydrogens is 1380 g/mol. The maximum Gasteiger partial charge on any atom is 0.333 e. The number of carbonyl (C=O) groups is 6. The summed E-state index contributed by atoms with van der Waals surface area (Å²) < 4.78 is 45.4. The summed E-state index contributed by atoms with van der Waals surface area (Å²) >= 11 is 0. The molecule has 0 aromatic rings. The molecule has 0 aromatic carbocycles. The van der Waals surface area contributed by atoms with Crippen LogP contribution in [0.3, 0.4) is 0 Å². The van der Waals surface area contributed by atoms with Gasteiger partial charge in [-0.15, -0.1) is 0 Å². The van der Waals surface area contributed by atoms with Crippen LogP contribution in [-0.2, 0) is 66.7 Å². The standard InChI is InChI=1S/C20H28O2.C17H24O2.C17H22O2.2C14H20O3.C14H20O2/c1-4-20(22-19(21)10(2)3)9-11-7-16(20)18-15-8-14(17(11)18)12-5-6-13(12)15;2*1-9(2)16(18)19-17(3)8-12-7-13(17)15-11-5-4-10(6-11)14(12)15;1-10(2)12(15)17-13(3)7-11-5-6-14(13,8-11)9-16-4;1-9(2)13(15)17-14(3)7-10-5-6-12(14)11(10)8-16-4;1-8(2)13(15)16-14(3)7-9-6-12(14)11-5-4-10(9)11/h11-18H,2,4-9H2,1,3H3;10-15H,1,4-8H2,2-3H3;4-5,10-15H,1,6-8H2,2-3H3;5-6,11H,1,7-9H2,2-4H3;5-6,10-12H,1,7-8H2,2-4H3;9-12H,1,4-7H2,2-3H3. The second-order valence-electron chi connectivity index (χ2n) is 41.3. The molecule has 17 fully saturated rings. The van der Waals surface area contributed by atoms with Crippen LogP contribution in [0.4, 0.5) is 0 Å². The molecular formula is C96H134O14. The van der Waals surface area contributed by atoms with E-state index in [9.17, 15) is 28.8 Å². The molecule has 20 aliphatic carbocycles. The van der Waals surface area contributed by atoms with Crippen molar-refractivity contribution in [1.29, 1.82) is 0 Å². The molecule has 0 saturated heterocycles. The zero-order valence-corrected chi connectivity index (χ0v) is 69.4. The van der Waals surface area contributed by atoms with Gasteiger partial charge in [0.15, 0.2) is 0 Å². The fraction of sp³-hybridized carbons (Fsp3) is 0.750.